The van der Waals surface area contributed by atoms with E-state index in [0.717, 1.165) is 0 Å². The Hall–Kier alpha value is -1.82. The van der Waals surface area contributed by atoms with Crippen molar-refractivity contribution in [2.75, 3.05) is 7.11 Å². The lowest BCUT2D eigenvalue weighted by molar-refractivity contribution is 0.0598. The molecule has 2 aromatic rings. The number of hydrogen-bond acceptors (Lipinski definition) is 5. The highest BCUT2D eigenvalue weighted by Crippen LogP contribution is 2.24. The van der Waals surface area contributed by atoms with Crippen LogP contribution in [0.5, 0.6) is 0 Å². The molecular formula is C10H9N3O2S. The van der Waals surface area contributed by atoms with Gasteiger partial charge in [-0.3, -0.25) is 10.1 Å². The molecule has 0 fully saturated rings. The van der Waals surface area contributed by atoms with Crippen LogP contribution >= 0.6 is 12.6 Å². The van der Waals surface area contributed by atoms with Crippen molar-refractivity contribution >= 4 is 18.6 Å². The number of pyridine rings is 1. The van der Waals surface area contributed by atoms with Crippen LogP contribution in [0.1, 0.15) is 10.4 Å². The monoisotopic (exact) mass is 235 g/mol. The molecule has 0 bridgehead atoms. The number of nitrogens with zero attached hydrogens (tertiary/aromatic N) is 2. The average molecular weight is 235 g/mol. The molecule has 0 unspecified atom stereocenters. The molecule has 5 nitrogen and oxygen atoms in total. The van der Waals surface area contributed by atoms with Gasteiger partial charge in [-0.05, 0) is 12.1 Å². The highest BCUT2D eigenvalue weighted by atomic mass is 32.1. The van der Waals surface area contributed by atoms with Crippen molar-refractivity contribution in [3.8, 4) is 11.4 Å². The Kier molecular flexibility index (Phi) is 2.91. The minimum Gasteiger partial charge on any atom is -0.465 e. The summed E-state index contributed by atoms with van der Waals surface area (Å²) in [4.78, 5) is 15.6. The van der Waals surface area contributed by atoms with Crippen molar-refractivity contribution in [2.24, 2.45) is 0 Å². The third kappa shape index (κ3) is 1.79. The van der Waals surface area contributed by atoms with Gasteiger partial charge in [-0.2, -0.15) is 5.10 Å². The number of aromatic nitrogens is 3. The van der Waals surface area contributed by atoms with Gasteiger partial charge in [0.05, 0.1) is 12.8 Å². The maximum absolute atomic E-state index is 11.5. The Bertz CT molecular complexity index is 510. The summed E-state index contributed by atoms with van der Waals surface area (Å²) in [5.41, 5.74) is 1.33. The normalized spacial score (nSPS) is 10.1. The first-order valence-electron chi connectivity index (χ1n) is 4.51. The summed E-state index contributed by atoms with van der Waals surface area (Å²) >= 11 is 4.12. The number of rotatable bonds is 2. The van der Waals surface area contributed by atoms with E-state index >= 15 is 0 Å². The molecule has 0 radical (unpaired) electrons. The molecule has 6 heteroatoms. The maximum Gasteiger partial charge on any atom is 0.342 e. The molecule has 0 aromatic carbocycles. The van der Waals surface area contributed by atoms with Crippen LogP contribution in [0.4, 0.5) is 0 Å². The molecular weight excluding hydrogens is 226 g/mol. The summed E-state index contributed by atoms with van der Waals surface area (Å²) in [7, 11) is 1.31. The molecule has 82 valence electrons. The van der Waals surface area contributed by atoms with E-state index in [1.165, 1.54) is 7.11 Å². The number of ether oxygens (including phenoxy) is 1. The van der Waals surface area contributed by atoms with Crippen molar-refractivity contribution in [1.82, 2.24) is 15.2 Å². The zero-order valence-corrected chi connectivity index (χ0v) is 9.36. The van der Waals surface area contributed by atoms with E-state index in [1.807, 2.05) is 6.07 Å². The fourth-order valence-corrected chi connectivity index (χ4v) is 1.56. The lowest BCUT2D eigenvalue weighted by Crippen LogP contribution is -2.03. The second-order valence-corrected chi connectivity index (χ2v) is 3.45. The second-order valence-electron chi connectivity index (χ2n) is 3.00. The van der Waals surface area contributed by atoms with E-state index in [-0.39, 0.29) is 0 Å². The molecule has 0 aliphatic heterocycles. The summed E-state index contributed by atoms with van der Waals surface area (Å²) in [6.07, 6.45) is 1.63. The zero-order valence-electron chi connectivity index (χ0n) is 8.47. The molecule has 16 heavy (non-hydrogen) atoms. The average Bonchev–Trinajstić information content (AvgIpc) is 2.71. The standard InChI is InChI=1S/C10H9N3O2S/c1-15-10(14)7-8(12-13-9(7)16)6-4-2-3-5-11-6/h2-5H,1H3,(H2,12,13,16). The molecule has 0 amide bonds. The summed E-state index contributed by atoms with van der Waals surface area (Å²) in [5, 5.41) is 6.98. The SMILES string of the molecule is COC(=O)c1c(-c2ccccn2)n[nH]c1S. The second kappa shape index (κ2) is 4.36. The number of aromatic amines is 1. The molecule has 0 spiro atoms. The summed E-state index contributed by atoms with van der Waals surface area (Å²) < 4.78 is 4.66. The summed E-state index contributed by atoms with van der Waals surface area (Å²) in [5.74, 6) is -0.487. The fraction of sp³-hybridized carbons (Fsp3) is 0.100. The van der Waals surface area contributed by atoms with Gasteiger partial charge in [0.15, 0.2) is 0 Å². The number of carbonyl (C=O) groups is 1. The largest absolute Gasteiger partial charge is 0.465 e. The van der Waals surface area contributed by atoms with Gasteiger partial charge in [-0.15, -0.1) is 12.6 Å². The van der Waals surface area contributed by atoms with Gasteiger partial charge >= 0.3 is 5.97 Å². The van der Waals surface area contributed by atoms with Crippen LogP contribution in [0.2, 0.25) is 0 Å². The highest BCUT2D eigenvalue weighted by Gasteiger charge is 2.20. The summed E-state index contributed by atoms with van der Waals surface area (Å²) in [6.45, 7) is 0. The van der Waals surface area contributed by atoms with Gasteiger partial charge in [-0.25, -0.2) is 4.79 Å². The Balaban J connectivity index is 2.55. The van der Waals surface area contributed by atoms with Gasteiger partial charge in [0.1, 0.15) is 16.3 Å². The minimum atomic E-state index is -0.487. The summed E-state index contributed by atoms with van der Waals surface area (Å²) in [6, 6.07) is 5.36. The quantitative estimate of drug-likeness (QED) is 0.612. The third-order valence-corrected chi connectivity index (χ3v) is 2.37. The molecule has 2 heterocycles. The van der Waals surface area contributed by atoms with Gasteiger partial charge in [0.25, 0.3) is 0 Å². The number of H-pyrrole nitrogens is 1. The molecule has 2 aromatic heterocycles. The maximum atomic E-state index is 11.5. The highest BCUT2D eigenvalue weighted by molar-refractivity contribution is 7.80. The molecule has 0 aliphatic carbocycles. The van der Waals surface area contributed by atoms with Crippen molar-refractivity contribution < 1.29 is 9.53 Å². The predicted octanol–water partition coefficient (Wildman–Crippen LogP) is 1.55. The smallest absolute Gasteiger partial charge is 0.342 e. The first kappa shape index (κ1) is 10.7. The van der Waals surface area contributed by atoms with Crippen LogP contribution in [0.25, 0.3) is 11.4 Å². The van der Waals surface area contributed by atoms with Gasteiger partial charge in [0, 0.05) is 6.20 Å². The van der Waals surface area contributed by atoms with E-state index in [4.69, 9.17) is 0 Å². The minimum absolute atomic E-state index is 0.296. The first-order chi connectivity index (χ1) is 7.74. The van der Waals surface area contributed by atoms with E-state index in [9.17, 15) is 4.79 Å². The van der Waals surface area contributed by atoms with Gasteiger partial charge in [-0.1, -0.05) is 6.07 Å². The van der Waals surface area contributed by atoms with E-state index in [0.29, 0.717) is 22.0 Å². The molecule has 0 aliphatic rings. The number of hydrogen-bond donors (Lipinski definition) is 2. The Morgan fingerprint density at radius 3 is 2.94 bits per heavy atom. The Labute approximate surface area is 97.3 Å². The van der Waals surface area contributed by atoms with E-state index < -0.39 is 5.97 Å². The number of carbonyl (C=O) groups excluding carboxylic acids is 1. The van der Waals surface area contributed by atoms with Gasteiger partial charge < -0.3 is 4.74 Å². The fourth-order valence-electron chi connectivity index (χ4n) is 1.32. The van der Waals surface area contributed by atoms with Crippen LogP contribution < -0.4 is 0 Å². The van der Waals surface area contributed by atoms with Crippen LogP contribution in [-0.2, 0) is 4.74 Å². The number of methoxy groups -OCH3 is 1. The number of thiol groups is 1. The van der Waals surface area contributed by atoms with Crippen LogP contribution in [-0.4, -0.2) is 28.3 Å². The third-order valence-electron chi connectivity index (χ3n) is 2.04. The van der Waals surface area contributed by atoms with Crippen LogP contribution in [0, 0.1) is 0 Å². The zero-order chi connectivity index (χ0) is 11.5. The van der Waals surface area contributed by atoms with Gasteiger partial charge in [0.2, 0.25) is 0 Å². The molecule has 0 saturated carbocycles. The lowest BCUT2D eigenvalue weighted by Gasteiger charge is -2.00. The van der Waals surface area contributed by atoms with Crippen molar-refractivity contribution in [2.45, 2.75) is 5.03 Å². The van der Waals surface area contributed by atoms with Crippen molar-refractivity contribution in [3.05, 3.63) is 30.0 Å². The molecule has 0 atom stereocenters. The van der Waals surface area contributed by atoms with E-state index in [1.54, 1.807) is 18.3 Å². The van der Waals surface area contributed by atoms with Crippen molar-refractivity contribution in [1.29, 1.82) is 0 Å². The van der Waals surface area contributed by atoms with E-state index in [2.05, 4.69) is 32.5 Å². The molecule has 1 N–H and O–H groups in total. The topological polar surface area (TPSA) is 67.9 Å². The number of nitrogens with one attached hydrogen (secondary N) is 1. The molecule has 2 rings (SSSR count). The Morgan fingerprint density at radius 2 is 2.31 bits per heavy atom. The van der Waals surface area contributed by atoms with Crippen LogP contribution in [0.3, 0.4) is 0 Å². The first-order valence-corrected chi connectivity index (χ1v) is 4.96. The lowest BCUT2D eigenvalue weighted by atomic mass is 10.2. The predicted molar refractivity (Wildman–Crippen MR) is 60.4 cm³/mol. The molecule has 0 saturated heterocycles. The van der Waals surface area contributed by atoms with Crippen LogP contribution in [0.15, 0.2) is 29.4 Å². The number of esters is 1. The Morgan fingerprint density at radius 1 is 1.50 bits per heavy atom. The van der Waals surface area contributed by atoms with Crippen molar-refractivity contribution in [3.63, 3.8) is 0 Å².